The highest BCUT2D eigenvalue weighted by Crippen LogP contribution is 2.22. The fraction of sp³-hybridized carbons (Fsp3) is 0.733. The Morgan fingerprint density at radius 3 is 2.50 bits per heavy atom. The van der Waals surface area contributed by atoms with Crippen LogP contribution in [0.15, 0.2) is 15.9 Å². The first-order chi connectivity index (χ1) is 9.56. The van der Waals surface area contributed by atoms with Crippen molar-refractivity contribution in [3.05, 3.63) is 20.8 Å². The summed E-state index contributed by atoms with van der Waals surface area (Å²) in [6.07, 6.45) is 0. The molecule has 0 aromatic carbocycles. The van der Waals surface area contributed by atoms with E-state index in [0.717, 1.165) is 13.1 Å². The van der Waals surface area contributed by atoms with Crippen LogP contribution in [0.3, 0.4) is 0 Å². The van der Waals surface area contributed by atoms with Crippen LogP contribution in [0.4, 0.5) is 0 Å². The Morgan fingerprint density at radius 1 is 1.25 bits per heavy atom. The SMILES string of the molecule is CC(C)C(CNCc1ccc(Br)s1)N1CCN(C)CC1. The van der Waals surface area contributed by atoms with Crippen LogP contribution in [0.5, 0.6) is 0 Å². The summed E-state index contributed by atoms with van der Waals surface area (Å²) in [6, 6.07) is 4.97. The molecule has 1 saturated heterocycles. The molecular formula is C15H26BrN3S. The van der Waals surface area contributed by atoms with Gasteiger partial charge in [-0.3, -0.25) is 4.90 Å². The van der Waals surface area contributed by atoms with Crippen molar-refractivity contribution in [1.82, 2.24) is 15.1 Å². The molecule has 114 valence electrons. The van der Waals surface area contributed by atoms with Crippen molar-refractivity contribution in [1.29, 1.82) is 0 Å². The monoisotopic (exact) mass is 359 g/mol. The van der Waals surface area contributed by atoms with Gasteiger partial charge >= 0.3 is 0 Å². The van der Waals surface area contributed by atoms with Gasteiger partial charge in [0.1, 0.15) is 0 Å². The molecule has 5 heteroatoms. The van der Waals surface area contributed by atoms with Crippen molar-refractivity contribution >= 4 is 27.3 Å². The zero-order valence-corrected chi connectivity index (χ0v) is 15.1. The van der Waals surface area contributed by atoms with Crippen LogP contribution >= 0.6 is 27.3 Å². The van der Waals surface area contributed by atoms with E-state index in [2.05, 4.69) is 64.1 Å². The van der Waals surface area contributed by atoms with Gasteiger partial charge in [0.15, 0.2) is 0 Å². The summed E-state index contributed by atoms with van der Waals surface area (Å²) >= 11 is 5.34. The van der Waals surface area contributed by atoms with E-state index in [4.69, 9.17) is 0 Å². The van der Waals surface area contributed by atoms with Crippen LogP contribution < -0.4 is 5.32 Å². The summed E-state index contributed by atoms with van der Waals surface area (Å²) in [5.41, 5.74) is 0. The van der Waals surface area contributed by atoms with E-state index in [-0.39, 0.29) is 0 Å². The minimum absolute atomic E-state index is 0.645. The largest absolute Gasteiger partial charge is 0.310 e. The molecular weight excluding hydrogens is 334 g/mol. The van der Waals surface area contributed by atoms with E-state index in [1.54, 1.807) is 0 Å². The summed E-state index contributed by atoms with van der Waals surface area (Å²) in [4.78, 5) is 6.48. The maximum atomic E-state index is 3.64. The Bertz CT molecular complexity index is 400. The lowest BCUT2D eigenvalue weighted by atomic mass is 10.0. The molecule has 1 aromatic rings. The van der Waals surface area contributed by atoms with Crippen LogP contribution in [-0.2, 0) is 6.54 Å². The second kappa shape index (κ2) is 7.90. The Labute approximate surface area is 135 Å². The molecule has 0 radical (unpaired) electrons. The van der Waals surface area contributed by atoms with Gasteiger partial charge in [-0.15, -0.1) is 11.3 Å². The summed E-state index contributed by atoms with van der Waals surface area (Å²) in [5.74, 6) is 0.695. The maximum absolute atomic E-state index is 3.64. The molecule has 0 amide bonds. The van der Waals surface area contributed by atoms with Gasteiger partial charge in [-0.05, 0) is 41.0 Å². The number of likely N-dealkylation sites (N-methyl/N-ethyl adjacent to an activating group) is 1. The minimum atomic E-state index is 0.645. The van der Waals surface area contributed by atoms with Gasteiger partial charge in [0, 0.05) is 50.2 Å². The number of piperazine rings is 1. The van der Waals surface area contributed by atoms with E-state index in [0.29, 0.717) is 12.0 Å². The molecule has 0 aliphatic carbocycles. The lowest BCUT2D eigenvalue weighted by Crippen LogP contribution is -2.53. The first-order valence-electron chi connectivity index (χ1n) is 7.44. The van der Waals surface area contributed by atoms with Gasteiger partial charge in [-0.2, -0.15) is 0 Å². The lowest BCUT2D eigenvalue weighted by Gasteiger charge is -2.40. The van der Waals surface area contributed by atoms with Crippen molar-refractivity contribution in [2.75, 3.05) is 39.8 Å². The number of halogens is 1. The molecule has 0 saturated carbocycles. The highest BCUT2D eigenvalue weighted by molar-refractivity contribution is 9.11. The molecule has 3 nitrogen and oxygen atoms in total. The quantitative estimate of drug-likeness (QED) is 0.842. The molecule has 1 aromatic heterocycles. The third-order valence-corrected chi connectivity index (χ3v) is 5.68. The smallest absolute Gasteiger partial charge is 0.0701 e. The zero-order chi connectivity index (χ0) is 14.5. The molecule has 2 rings (SSSR count). The van der Waals surface area contributed by atoms with E-state index < -0.39 is 0 Å². The van der Waals surface area contributed by atoms with Crippen molar-refractivity contribution < 1.29 is 0 Å². The van der Waals surface area contributed by atoms with Gasteiger partial charge in [-0.25, -0.2) is 0 Å². The summed E-state index contributed by atoms with van der Waals surface area (Å²) in [5, 5.41) is 3.64. The molecule has 1 unspecified atom stereocenters. The zero-order valence-electron chi connectivity index (χ0n) is 12.7. The molecule has 1 atom stereocenters. The van der Waals surface area contributed by atoms with Gasteiger partial charge in [-0.1, -0.05) is 13.8 Å². The first-order valence-corrected chi connectivity index (χ1v) is 9.04. The van der Waals surface area contributed by atoms with Crippen LogP contribution in [0.1, 0.15) is 18.7 Å². The molecule has 0 spiro atoms. The minimum Gasteiger partial charge on any atom is -0.310 e. The van der Waals surface area contributed by atoms with Crippen molar-refractivity contribution in [3.63, 3.8) is 0 Å². The van der Waals surface area contributed by atoms with Crippen LogP contribution in [0.25, 0.3) is 0 Å². The van der Waals surface area contributed by atoms with E-state index in [1.807, 2.05) is 11.3 Å². The first kappa shape index (κ1) is 16.4. The van der Waals surface area contributed by atoms with E-state index >= 15 is 0 Å². The second-order valence-corrected chi connectivity index (χ2v) is 8.53. The average Bonchev–Trinajstić information content (AvgIpc) is 2.81. The highest BCUT2D eigenvalue weighted by atomic mass is 79.9. The summed E-state index contributed by atoms with van der Waals surface area (Å²) in [6.45, 7) is 11.5. The fourth-order valence-corrected chi connectivity index (χ4v) is 4.18. The Kier molecular flexibility index (Phi) is 6.49. The van der Waals surface area contributed by atoms with Gasteiger partial charge < -0.3 is 10.2 Å². The molecule has 2 heterocycles. The number of hydrogen-bond acceptors (Lipinski definition) is 4. The van der Waals surface area contributed by atoms with E-state index in [1.165, 1.54) is 34.8 Å². The van der Waals surface area contributed by atoms with Crippen LogP contribution in [0, 0.1) is 5.92 Å². The average molecular weight is 360 g/mol. The van der Waals surface area contributed by atoms with Crippen LogP contribution in [-0.4, -0.2) is 55.6 Å². The number of hydrogen-bond donors (Lipinski definition) is 1. The third-order valence-electron chi connectivity index (χ3n) is 4.06. The highest BCUT2D eigenvalue weighted by Gasteiger charge is 2.24. The van der Waals surface area contributed by atoms with Crippen molar-refractivity contribution in [2.24, 2.45) is 5.92 Å². The third kappa shape index (κ3) is 4.81. The molecule has 1 N–H and O–H groups in total. The Morgan fingerprint density at radius 2 is 1.95 bits per heavy atom. The van der Waals surface area contributed by atoms with Crippen molar-refractivity contribution in [2.45, 2.75) is 26.4 Å². The molecule has 0 bridgehead atoms. The van der Waals surface area contributed by atoms with Crippen molar-refractivity contribution in [3.8, 4) is 0 Å². The summed E-state index contributed by atoms with van der Waals surface area (Å²) in [7, 11) is 2.22. The number of thiophene rings is 1. The van der Waals surface area contributed by atoms with Gasteiger partial charge in [0.25, 0.3) is 0 Å². The normalized spacial score (nSPS) is 19.6. The fourth-order valence-electron chi connectivity index (χ4n) is 2.73. The predicted molar refractivity (Wildman–Crippen MR) is 91.4 cm³/mol. The topological polar surface area (TPSA) is 18.5 Å². The number of rotatable bonds is 6. The molecule has 1 aliphatic rings. The predicted octanol–water partition coefficient (Wildman–Crippen LogP) is 2.87. The molecule has 1 aliphatic heterocycles. The number of nitrogens with zero attached hydrogens (tertiary/aromatic N) is 2. The molecule has 1 fully saturated rings. The maximum Gasteiger partial charge on any atom is 0.0701 e. The summed E-state index contributed by atoms with van der Waals surface area (Å²) < 4.78 is 1.22. The lowest BCUT2D eigenvalue weighted by molar-refractivity contribution is 0.0875. The van der Waals surface area contributed by atoms with Gasteiger partial charge in [0.05, 0.1) is 3.79 Å². The van der Waals surface area contributed by atoms with Crippen LogP contribution in [0.2, 0.25) is 0 Å². The Hall–Kier alpha value is 0.0600. The number of nitrogens with one attached hydrogen (secondary N) is 1. The Balaban J connectivity index is 1.80. The molecule has 20 heavy (non-hydrogen) atoms. The van der Waals surface area contributed by atoms with E-state index in [9.17, 15) is 0 Å². The standard InChI is InChI=1S/C15H26BrN3S/c1-12(2)14(19-8-6-18(3)7-9-19)11-17-10-13-4-5-15(16)20-13/h4-5,12,14,17H,6-11H2,1-3H3. The second-order valence-electron chi connectivity index (χ2n) is 5.99. The van der Waals surface area contributed by atoms with Gasteiger partial charge in [0.2, 0.25) is 0 Å².